The lowest BCUT2D eigenvalue weighted by molar-refractivity contribution is -0.384. The first-order valence-electron chi connectivity index (χ1n) is 9.79. The van der Waals surface area contributed by atoms with Gasteiger partial charge in [-0.2, -0.15) is 5.10 Å². The number of carbonyl (C=O) groups is 1. The van der Waals surface area contributed by atoms with Gasteiger partial charge in [0.25, 0.3) is 5.69 Å². The maximum atomic E-state index is 12.5. The number of non-ortho nitro benzene ring substituents is 1. The van der Waals surface area contributed by atoms with Crippen LogP contribution in [0.3, 0.4) is 0 Å². The van der Waals surface area contributed by atoms with Gasteiger partial charge in [0.05, 0.1) is 10.6 Å². The molecule has 29 heavy (non-hydrogen) atoms. The quantitative estimate of drug-likeness (QED) is 0.460. The van der Waals surface area contributed by atoms with Gasteiger partial charge in [-0.25, -0.2) is 5.43 Å². The van der Waals surface area contributed by atoms with Crippen LogP contribution in [0.1, 0.15) is 36.5 Å². The normalized spacial score (nSPS) is 15.9. The van der Waals surface area contributed by atoms with Crippen LogP contribution < -0.4 is 5.43 Å². The summed E-state index contributed by atoms with van der Waals surface area (Å²) in [6, 6.07) is 14.7. The number of nitro benzene ring substituents is 1. The van der Waals surface area contributed by atoms with Gasteiger partial charge in [-0.05, 0) is 50.9 Å². The Bertz CT molecular complexity index is 883. The van der Waals surface area contributed by atoms with E-state index < -0.39 is 4.92 Å². The molecule has 1 fully saturated rings. The van der Waals surface area contributed by atoms with E-state index in [0.717, 1.165) is 49.3 Å². The van der Waals surface area contributed by atoms with Gasteiger partial charge < -0.3 is 0 Å². The summed E-state index contributed by atoms with van der Waals surface area (Å²) in [5.41, 5.74) is 6.82. The van der Waals surface area contributed by atoms with E-state index in [9.17, 15) is 14.9 Å². The molecule has 1 aliphatic rings. The third kappa shape index (κ3) is 5.71. The van der Waals surface area contributed by atoms with Gasteiger partial charge in [-0.1, -0.05) is 42.0 Å². The molecule has 0 radical (unpaired) electrons. The number of hydrazone groups is 1. The van der Waals surface area contributed by atoms with Crippen molar-refractivity contribution in [3.8, 4) is 0 Å². The number of carbonyl (C=O) groups excluding carboxylic acids is 1. The number of nitrogens with zero attached hydrogens (tertiary/aromatic N) is 3. The highest BCUT2D eigenvalue weighted by atomic mass is 16.6. The molecule has 152 valence electrons. The average Bonchev–Trinajstić information content (AvgIpc) is 2.73. The predicted octanol–water partition coefficient (Wildman–Crippen LogP) is 3.66. The van der Waals surface area contributed by atoms with Crippen molar-refractivity contribution in [3.05, 3.63) is 75.3 Å². The zero-order chi connectivity index (χ0) is 20.8. The molecule has 0 aromatic heterocycles. The number of nitro groups is 1. The number of benzene rings is 2. The van der Waals surface area contributed by atoms with Crippen molar-refractivity contribution in [2.75, 3.05) is 13.1 Å². The summed E-state index contributed by atoms with van der Waals surface area (Å²) in [4.78, 5) is 25.1. The van der Waals surface area contributed by atoms with Crippen LogP contribution in [0.5, 0.6) is 0 Å². The van der Waals surface area contributed by atoms with Crippen LogP contribution in [0.15, 0.2) is 53.6 Å². The zero-order valence-electron chi connectivity index (χ0n) is 16.8. The summed E-state index contributed by atoms with van der Waals surface area (Å²) in [6.07, 6.45) is 1.55. The van der Waals surface area contributed by atoms with Gasteiger partial charge in [0, 0.05) is 24.6 Å². The van der Waals surface area contributed by atoms with Crippen LogP contribution in [0.2, 0.25) is 0 Å². The van der Waals surface area contributed by atoms with E-state index in [1.807, 2.05) is 38.1 Å². The molecule has 1 N–H and O–H groups in total. The number of nitrogens with one attached hydrogen (secondary N) is 1. The van der Waals surface area contributed by atoms with E-state index in [4.69, 9.17) is 0 Å². The number of amides is 1. The zero-order valence-corrected chi connectivity index (χ0v) is 16.8. The maximum Gasteiger partial charge on any atom is 0.269 e. The van der Waals surface area contributed by atoms with Crippen LogP contribution in [0, 0.1) is 23.0 Å². The van der Waals surface area contributed by atoms with Crippen molar-refractivity contribution < 1.29 is 9.72 Å². The summed E-state index contributed by atoms with van der Waals surface area (Å²) in [5, 5.41) is 15.0. The molecule has 0 atom stereocenters. The number of piperidine rings is 1. The number of hydrogen-bond acceptors (Lipinski definition) is 5. The third-order valence-electron chi connectivity index (χ3n) is 5.31. The first kappa shape index (κ1) is 20.7. The van der Waals surface area contributed by atoms with Gasteiger partial charge in [0.1, 0.15) is 0 Å². The molecule has 0 bridgehead atoms. The monoisotopic (exact) mass is 394 g/mol. The summed E-state index contributed by atoms with van der Waals surface area (Å²) in [5.74, 6) is -0.0795. The fourth-order valence-electron chi connectivity index (χ4n) is 3.42. The van der Waals surface area contributed by atoms with Gasteiger partial charge in [0.2, 0.25) is 5.91 Å². The average molecular weight is 394 g/mol. The first-order valence-corrected chi connectivity index (χ1v) is 9.79. The van der Waals surface area contributed by atoms with E-state index in [0.29, 0.717) is 0 Å². The smallest absolute Gasteiger partial charge is 0.269 e. The van der Waals surface area contributed by atoms with E-state index in [1.54, 1.807) is 12.1 Å². The lowest BCUT2D eigenvalue weighted by atomic mass is 9.96. The lowest BCUT2D eigenvalue weighted by Crippen LogP contribution is -2.39. The summed E-state index contributed by atoms with van der Waals surface area (Å²) < 4.78 is 0. The summed E-state index contributed by atoms with van der Waals surface area (Å²) in [6.45, 7) is 6.28. The second kappa shape index (κ2) is 9.43. The Balaban J connectivity index is 1.47. The van der Waals surface area contributed by atoms with E-state index >= 15 is 0 Å². The van der Waals surface area contributed by atoms with Crippen molar-refractivity contribution >= 4 is 17.3 Å². The third-order valence-corrected chi connectivity index (χ3v) is 5.31. The fraction of sp³-hybridized carbons (Fsp3) is 0.364. The lowest BCUT2D eigenvalue weighted by Gasteiger charge is -2.30. The minimum atomic E-state index is -0.392. The highest BCUT2D eigenvalue weighted by Gasteiger charge is 2.25. The van der Waals surface area contributed by atoms with E-state index in [1.165, 1.54) is 17.7 Å². The van der Waals surface area contributed by atoms with Crippen molar-refractivity contribution in [2.45, 2.75) is 33.2 Å². The van der Waals surface area contributed by atoms with Gasteiger partial charge in [0.15, 0.2) is 0 Å². The van der Waals surface area contributed by atoms with Crippen molar-refractivity contribution in [3.63, 3.8) is 0 Å². The molecule has 0 spiro atoms. The molecule has 1 saturated heterocycles. The number of rotatable bonds is 6. The second-order valence-corrected chi connectivity index (χ2v) is 7.51. The molecule has 7 heteroatoms. The predicted molar refractivity (Wildman–Crippen MR) is 113 cm³/mol. The largest absolute Gasteiger partial charge is 0.299 e. The van der Waals surface area contributed by atoms with Crippen LogP contribution in [0.4, 0.5) is 5.69 Å². The Morgan fingerprint density at radius 3 is 2.34 bits per heavy atom. The maximum absolute atomic E-state index is 12.5. The fourth-order valence-corrected chi connectivity index (χ4v) is 3.42. The molecule has 1 aliphatic heterocycles. The Morgan fingerprint density at radius 1 is 1.14 bits per heavy atom. The molecular formula is C22H26N4O3. The Kier molecular flexibility index (Phi) is 6.72. The molecule has 0 aliphatic carbocycles. The van der Waals surface area contributed by atoms with Crippen LogP contribution in [-0.4, -0.2) is 34.5 Å². The molecule has 1 heterocycles. The highest BCUT2D eigenvalue weighted by Crippen LogP contribution is 2.20. The Hall–Kier alpha value is -3.06. The highest BCUT2D eigenvalue weighted by molar-refractivity contribution is 5.99. The number of hydrogen-bond donors (Lipinski definition) is 1. The minimum absolute atomic E-state index is 0.0357. The number of aryl methyl sites for hydroxylation is 1. The molecule has 7 nitrogen and oxygen atoms in total. The molecule has 2 aromatic carbocycles. The van der Waals surface area contributed by atoms with Gasteiger partial charge in [-0.15, -0.1) is 0 Å². The Morgan fingerprint density at radius 2 is 1.76 bits per heavy atom. The number of likely N-dealkylation sites (tertiary alicyclic amines) is 1. The van der Waals surface area contributed by atoms with E-state index in [-0.39, 0.29) is 17.5 Å². The van der Waals surface area contributed by atoms with Gasteiger partial charge >= 0.3 is 0 Å². The van der Waals surface area contributed by atoms with Crippen LogP contribution >= 0.6 is 0 Å². The molecular weight excluding hydrogens is 368 g/mol. The molecule has 3 rings (SSSR count). The summed E-state index contributed by atoms with van der Waals surface area (Å²) in [7, 11) is 0. The SMILES string of the molecule is C/C(=N\NC(=O)C1CCN(Cc2ccc([N+](=O)[O-])cc2)CC1)c1ccc(C)cc1. The molecule has 2 aromatic rings. The van der Waals surface area contributed by atoms with Crippen molar-refractivity contribution in [1.82, 2.24) is 10.3 Å². The Labute approximate surface area is 170 Å². The topological polar surface area (TPSA) is 87.8 Å². The first-order chi connectivity index (χ1) is 13.9. The molecule has 0 unspecified atom stereocenters. The standard InChI is InChI=1S/C22H26N4O3/c1-16-3-7-19(8-4-16)17(2)23-24-22(27)20-11-13-25(14-12-20)15-18-5-9-21(10-6-18)26(28)29/h3-10,20H,11-15H2,1-2H3,(H,24,27)/b23-17+. The summed E-state index contributed by atoms with van der Waals surface area (Å²) >= 11 is 0. The van der Waals surface area contributed by atoms with Gasteiger partial charge in [-0.3, -0.25) is 19.8 Å². The molecule has 0 saturated carbocycles. The molecule has 1 amide bonds. The second-order valence-electron chi connectivity index (χ2n) is 7.51. The minimum Gasteiger partial charge on any atom is -0.299 e. The van der Waals surface area contributed by atoms with Crippen LogP contribution in [0.25, 0.3) is 0 Å². The van der Waals surface area contributed by atoms with Crippen molar-refractivity contribution in [1.29, 1.82) is 0 Å². The van der Waals surface area contributed by atoms with Crippen molar-refractivity contribution in [2.24, 2.45) is 11.0 Å². The van der Waals surface area contributed by atoms with Crippen LogP contribution in [-0.2, 0) is 11.3 Å². The van der Waals surface area contributed by atoms with E-state index in [2.05, 4.69) is 15.4 Å².